The van der Waals surface area contributed by atoms with Crippen molar-refractivity contribution in [3.05, 3.63) is 47.8 Å². The minimum atomic E-state index is -3.63. The van der Waals surface area contributed by atoms with Gasteiger partial charge in [0, 0.05) is 32.0 Å². The van der Waals surface area contributed by atoms with Crippen LogP contribution in [0, 0.1) is 0 Å². The molecule has 2 N–H and O–H groups in total. The van der Waals surface area contributed by atoms with E-state index in [4.69, 9.17) is 5.11 Å². The number of amides is 1. The molecular formula is C18H21N3O5S. The van der Waals surface area contributed by atoms with Crippen LogP contribution >= 0.6 is 0 Å². The van der Waals surface area contributed by atoms with Crippen molar-refractivity contribution in [2.24, 2.45) is 7.05 Å². The molecule has 0 aliphatic carbocycles. The SMILES string of the molecule is Cn1cc(S(=O)(=O)N2CCCCC2)cc1C(=O)Nc1cccc(C(=O)O)c1. The summed E-state index contributed by atoms with van der Waals surface area (Å²) in [7, 11) is -2.04. The predicted molar refractivity (Wildman–Crippen MR) is 99.4 cm³/mol. The van der Waals surface area contributed by atoms with Crippen molar-refractivity contribution in [2.75, 3.05) is 18.4 Å². The van der Waals surface area contributed by atoms with E-state index in [2.05, 4.69) is 5.32 Å². The summed E-state index contributed by atoms with van der Waals surface area (Å²) in [5, 5.41) is 11.6. The molecule has 27 heavy (non-hydrogen) atoms. The first-order valence-electron chi connectivity index (χ1n) is 8.60. The second kappa shape index (κ2) is 7.53. The minimum absolute atomic E-state index is 0.0491. The molecule has 144 valence electrons. The van der Waals surface area contributed by atoms with Crippen molar-refractivity contribution >= 4 is 27.6 Å². The van der Waals surface area contributed by atoms with E-state index < -0.39 is 21.9 Å². The van der Waals surface area contributed by atoms with Gasteiger partial charge in [-0.25, -0.2) is 13.2 Å². The molecule has 1 aromatic heterocycles. The topological polar surface area (TPSA) is 109 Å². The van der Waals surface area contributed by atoms with Crippen molar-refractivity contribution in [1.82, 2.24) is 8.87 Å². The van der Waals surface area contributed by atoms with Crippen molar-refractivity contribution < 1.29 is 23.1 Å². The number of hydrogen-bond donors (Lipinski definition) is 2. The number of aromatic nitrogens is 1. The summed E-state index contributed by atoms with van der Waals surface area (Å²) in [5.74, 6) is -1.61. The predicted octanol–water partition coefficient (Wildman–Crippen LogP) is 2.15. The normalized spacial score (nSPS) is 15.4. The lowest BCUT2D eigenvalue weighted by Gasteiger charge is -2.25. The van der Waals surface area contributed by atoms with Gasteiger partial charge in [-0.1, -0.05) is 12.5 Å². The minimum Gasteiger partial charge on any atom is -0.478 e. The Morgan fingerprint density at radius 1 is 1.11 bits per heavy atom. The highest BCUT2D eigenvalue weighted by Gasteiger charge is 2.28. The highest BCUT2D eigenvalue weighted by atomic mass is 32.2. The molecule has 0 saturated carbocycles. The molecule has 1 fully saturated rings. The summed E-state index contributed by atoms with van der Waals surface area (Å²) in [6.07, 6.45) is 4.11. The Bertz CT molecular complexity index is 975. The fraction of sp³-hybridized carbons (Fsp3) is 0.333. The van der Waals surface area contributed by atoms with E-state index in [0.717, 1.165) is 19.3 Å². The highest BCUT2D eigenvalue weighted by Crippen LogP contribution is 2.23. The Labute approximate surface area is 157 Å². The molecule has 0 spiro atoms. The van der Waals surface area contributed by atoms with Gasteiger partial charge in [-0.05, 0) is 37.1 Å². The Morgan fingerprint density at radius 2 is 1.81 bits per heavy atom. The third kappa shape index (κ3) is 4.04. The number of aryl methyl sites for hydroxylation is 1. The maximum atomic E-state index is 12.8. The van der Waals surface area contributed by atoms with Gasteiger partial charge in [0.15, 0.2) is 0 Å². The molecule has 0 atom stereocenters. The number of sulfonamides is 1. The van der Waals surface area contributed by atoms with Crippen LogP contribution in [0.25, 0.3) is 0 Å². The molecular weight excluding hydrogens is 370 g/mol. The Morgan fingerprint density at radius 3 is 2.48 bits per heavy atom. The smallest absolute Gasteiger partial charge is 0.335 e. The van der Waals surface area contributed by atoms with Crippen LogP contribution in [0.4, 0.5) is 5.69 Å². The molecule has 3 rings (SSSR count). The third-order valence-electron chi connectivity index (χ3n) is 4.53. The summed E-state index contributed by atoms with van der Waals surface area (Å²) >= 11 is 0. The number of nitrogens with one attached hydrogen (secondary N) is 1. The number of hydrogen-bond acceptors (Lipinski definition) is 4. The van der Waals surface area contributed by atoms with Crippen LogP contribution in [-0.2, 0) is 17.1 Å². The largest absolute Gasteiger partial charge is 0.478 e. The van der Waals surface area contributed by atoms with Crippen molar-refractivity contribution in [3.8, 4) is 0 Å². The van der Waals surface area contributed by atoms with E-state index in [9.17, 15) is 18.0 Å². The molecule has 1 aliphatic rings. The Kier molecular flexibility index (Phi) is 5.33. The average Bonchev–Trinajstić information content (AvgIpc) is 3.05. The lowest BCUT2D eigenvalue weighted by molar-refractivity contribution is 0.0696. The maximum absolute atomic E-state index is 12.8. The summed E-state index contributed by atoms with van der Waals surface area (Å²) in [4.78, 5) is 23.7. The van der Waals surface area contributed by atoms with Gasteiger partial charge in [0.25, 0.3) is 5.91 Å². The number of piperidine rings is 1. The number of carboxylic acid groups (broad SMARTS) is 1. The monoisotopic (exact) mass is 391 g/mol. The zero-order valence-electron chi connectivity index (χ0n) is 14.9. The number of nitrogens with zero attached hydrogens (tertiary/aromatic N) is 2. The fourth-order valence-corrected chi connectivity index (χ4v) is 4.67. The first kappa shape index (κ1) is 19.1. The molecule has 1 amide bonds. The van der Waals surface area contributed by atoms with Gasteiger partial charge in [-0.3, -0.25) is 4.79 Å². The van der Waals surface area contributed by atoms with E-state index in [1.165, 1.54) is 39.3 Å². The Balaban J connectivity index is 1.82. The zero-order valence-corrected chi connectivity index (χ0v) is 15.7. The average molecular weight is 391 g/mol. The highest BCUT2D eigenvalue weighted by molar-refractivity contribution is 7.89. The Hall–Kier alpha value is -2.65. The van der Waals surface area contributed by atoms with E-state index in [0.29, 0.717) is 18.8 Å². The second-order valence-electron chi connectivity index (χ2n) is 6.48. The van der Waals surface area contributed by atoms with Gasteiger partial charge in [0.05, 0.1) is 5.56 Å². The van der Waals surface area contributed by atoms with Crippen LogP contribution in [0.1, 0.15) is 40.1 Å². The van der Waals surface area contributed by atoms with Crippen molar-refractivity contribution in [1.29, 1.82) is 0 Å². The van der Waals surface area contributed by atoms with Crippen LogP contribution in [0.15, 0.2) is 41.4 Å². The maximum Gasteiger partial charge on any atom is 0.335 e. The lowest BCUT2D eigenvalue weighted by atomic mass is 10.2. The standard InChI is InChI=1S/C18H21N3O5S/c1-20-12-15(27(25,26)21-8-3-2-4-9-21)11-16(20)17(22)19-14-7-5-6-13(10-14)18(23)24/h5-7,10-12H,2-4,8-9H2,1H3,(H,19,22)(H,23,24). The molecule has 1 aliphatic heterocycles. The van der Waals surface area contributed by atoms with Crippen LogP contribution in [0.3, 0.4) is 0 Å². The first-order chi connectivity index (χ1) is 12.8. The summed E-state index contributed by atoms with van der Waals surface area (Å²) in [6, 6.07) is 7.20. The van der Waals surface area contributed by atoms with Gasteiger partial charge < -0.3 is 15.0 Å². The zero-order chi connectivity index (χ0) is 19.6. The molecule has 1 saturated heterocycles. The number of aromatic carboxylic acids is 1. The van der Waals surface area contributed by atoms with E-state index in [1.807, 2.05) is 0 Å². The molecule has 0 radical (unpaired) electrons. The molecule has 2 heterocycles. The van der Waals surface area contributed by atoms with E-state index in [1.54, 1.807) is 13.1 Å². The van der Waals surface area contributed by atoms with Crippen LogP contribution in [0.2, 0.25) is 0 Å². The van der Waals surface area contributed by atoms with Crippen molar-refractivity contribution in [2.45, 2.75) is 24.2 Å². The van der Waals surface area contributed by atoms with Gasteiger partial charge in [-0.15, -0.1) is 0 Å². The quantitative estimate of drug-likeness (QED) is 0.812. The van der Waals surface area contributed by atoms with Crippen LogP contribution in [0.5, 0.6) is 0 Å². The lowest BCUT2D eigenvalue weighted by Crippen LogP contribution is -2.35. The molecule has 0 unspecified atom stereocenters. The van der Waals surface area contributed by atoms with Gasteiger partial charge in [-0.2, -0.15) is 4.31 Å². The van der Waals surface area contributed by atoms with E-state index >= 15 is 0 Å². The third-order valence-corrected chi connectivity index (χ3v) is 6.40. The molecule has 0 bridgehead atoms. The number of anilines is 1. The number of carbonyl (C=O) groups is 2. The van der Waals surface area contributed by atoms with Gasteiger partial charge >= 0.3 is 5.97 Å². The second-order valence-corrected chi connectivity index (χ2v) is 8.41. The summed E-state index contributed by atoms with van der Waals surface area (Å²) in [6.45, 7) is 0.974. The number of benzene rings is 1. The molecule has 9 heteroatoms. The van der Waals surface area contributed by atoms with Crippen LogP contribution in [-0.4, -0.2) is 47.4 Å². The summed E-state index contributed by atoms with van der Waals surface area (Å²) in [5.41, 5.74) is 0.542. The number of rotatable bonds is 5. The summed E-state index contributed by atoms with van der Waals surface area (Å²) < 4.78 is 28.4. The molecule has 2 aromatic rings. The van der Waals surface area contributed by atoms with E-state index in [-0.39, 0.29) is 16.2 Å². The van der Waals surface area contributed by atoms with Crippen LogP contribution < -0.4 is 5.32 Å². The molecule has 8 nitrogen and oxygen atoms in total. The molecule has 1 aromatic carbocycles. The number of carboxylic acids is 1. The van der Waals surface area contributed by atoms with Gasteiger partial charge in [0.1, 0.15) is 10.6 Å². The first-order valence-corrected chi connectivity index (χ1v) is 10.0. The van der Waals surface area contributed by atoms with Gasteiger partial charge in [0.2, 0.25) is 10.0 Å². The fourth-order valence-electron chi connectivity index (χ4n) is 3.08. The number of carbonyl (C=O) groups excluding carboxylic acids is 1. The van der Waals surface area contributed by atoms with Crippen molar-refractivity contribution in [3.63, 3.8) is 0 Å².